The van der Waals surface area contributed by atoms with E-state index < -0.39 is 4.92 Å². The number of nitrogens with zero attached hydrogens (tertiary/aromatic N) is 1. The molecule has 0 saturated carbocycles. The Morgan fingerprint density at radius 3 is 2.14 bits per heavy atom. The number of rotatable bonds is 3. The fourth-order valence-electron chi connectivity index (χ4n) is 0.687. The van der Waals surface area contributed by atoms with Gasteiger partial charge in [0, 0.05) is 22.3 Å². The maximum atomic E-state index is 10.6. The van der Waals surface area contributed by atoms with Crippen LogP contribution in [0, 0.1) is 10.1 Å². The largest absolute Gasteiger partial charge is 0.401 e. The minimum Gasteiger partial charge on any atom is -0.401 e. The summed E-state index contributed by atoms with van der Waals surface area (Å²) in [6, 6.07) is 0. The molecule has 0 saturated heterocycles. The molecule has 0 rings (SSSR count). The molecule has 0 aromatic heterocycles. The molecule has 0 aliphatic carbocycles. The normalized spacial score (nSPS) is 13.3. The topological polar surface area (TPSA) is 69.2 Å². The van der Waals surface area contributed by atoms with Crippen molar-refractivity contribution < 1.29 is 4.92 Å². The van der Waals surface area contributed by atoms with Crippen molar-refractivity contribution in [1.82, 2.24) is 0 Å². The molecule has 4 nitrogen and oxygen atoms in total. The first-order valence-electron chi connectivity index (χ1n) is 3.97. The second kappa shape index (κ2) is 5.59. The molecule has 0 bridgehead atoms. The van der Waals surface area contributed by atoms with Crippen LogP contribution >= 0.6 is 15.9 Å². The van der Waals surface area contributed by atoms with Crippen molar-refractivity contribution in [3.63, 3.8) is 0 Å². The van der Waals surface area contributed by atoms with Gasteiger partial charge in [-0.1, -0.05) is 5.57 Å². The number of halogens is 1. The molecule has 0 aromatic carbocycles. The minimum absolute atomic E-state index is 0.0154. The van der Waals surface area contributed by atoms with Crippen LogP contribution in [0.25, 0.3) is 0 Å². The van der Waals surface area contributed by atoms with Crippen molar-refractivity contribution in [3.05, 3.63) is 43.7 Å². The van der Waals surface area contributed by atoms with E-state index in [1.54, 1.807) is 20.8 Å². The molecule has 0 radical (unpaired) electrons. The van der Waals surface area contributed by atoms with Gasteiger partial charge in [-0.05, 0) is 36.7 Å². The van der Waals surface area contributed by atoms with Crippen molar-refractivity contribution in [2.45, 2.75) is 20.8 Å². The summed E-state index contributed by atoms with van der Waals surface area (Å²) < 4.78 is 0.529. The SMILES string of the molecule is CC(C)=C/C(=C\C(Br)=C(/C)N)[N+](=O)[O-]. The highest BCUT2D eigenvalue weighted by Gasteiger charge is 2.07. The predicted octanol–water partition coefficient (Wildman–Crippen LogP) is 2.70. The molecular formula is C9H13BrN2O2. The van der Waals surface area contributed by atoms with Gasteiger partial charge in [-0.2, -0.15) is 0 Å². The zero-order valence-electron chi connectivity index (χ0n) is 8.37. The molecule has 2 N–H and O–H groups in total. The first kappa shape index (κ1) is 12.9. The molecule has 0 spiro atoms. The van der Waals surface area contributed by atoms with Crippen molar-refractivity contribution in [2.24, 2.45) is 5.73 Å². The highest BCUT2D eigenvalue weighted by molar-refractivity contribution is 9.11. The highest BCUT2D eigenvalue weighted by Crippen LogP contribution is 2.14. The van der Waals surface area contributed by atoms with Gasteiger partial charge in [-0.15, -0.1) is 0 Å². The van der Waals surface area contributed by atoms with Crippen LogP contribution in [0.5, 0.6) is 0 Å². The Morgan fingerprint density at radius 2 is 1.86 bits per heavy atom. The molecule has 0 heterocycles. The molecule has 0 unspecified atom stereocenters. The molecule has 0 fully saturated rings. The Hall–Kier alpha value is -1.10. The Balaban J connectivity index is 5.14. The smallest absolute Gasteiger partial charge is 0.270 e. The van der Waals surface area contributed by atoms with E-state index in [2.05, 4.69) is 15.9 Å². The summed E-state index contributed by atoms with van der Waals surface area (Å²) in [6.07, 6.45) is 2.88. The average molecular weight is 261 g/mol. The molecule has 0 atom stereocenters. The summed E-state index contributed by atoms with van der Waals surface area (Å²) in [4.78, 5) is 10.2. The quantitative estimate of drug-likeness (QED) is 0.482. The lowest BCUT2D eigenvalue weighted by atomic mass is 10.2. The number of allylic oxidation sites excluding steroid dienone is 5. The average Bonchev–Trinajstić information content (AvgIpc) is 2.01. The van der Waals surface area contributed by atoms with E-state index in [1.807, 2.05) is 0 Å². The molecule has 0 amide bonds. The maximum Gasteiger partial charge on any atom is 0.270 e. The molecule has 5 heteroatoms. The zero-order valence-corrected chi connectivity index (χ0v) is 9.96. The van der Waals surface area contributed by atoms with Gasteiger partial charge in [0.1, 0.15) is 0 Å². The van der Waals surface area contributed by atoms with E-state index in [0.717, 1.165) is 5.57 Å². The zero-order chi connectivity index (χ0) is 11.3. The lowest BCUT2D eigenvalue weighted by Gasteiger charge is -1.95. The monoisotopic (exact) mass is 260 g/mol. The molecule has 78 valence electrons. The van der Waals surface area contributed by atoms with Crippen LogP contribution in [0.3, 0.4) is 0 Å². The lowest BCUT2D eigenvalue weighted by molar-refractivity contribution is -0.419. The van der Waals surface area contributed by atoms with E-state index in [-0.39, 0.29) is 5.70 Å². The second-order valence-corrected chi connectivity index (χ2v) is 3.93. The first-order valence-corrected chi connectivity index (χ1v) is 4.76. The third-order valence-electron chi connectivity index (χ3n) is 1.30. The van der Waals surface area contributed by atoms with Gasteiger partial charge in [-0.3, -0.25) is 10.1 Å². The van der Waals surface area contributed by atoms with E-state index >= 15 is 0 Å². The van der Waals surface area contributed by atoms with E-state index in [1.165, 1.54) is 12.2 Å². The number of nitro groups is 1. The summed E-state index contributed by atoms with van der Waals surface area (Å²) in [5.74, 6) is 0. The first-order chi connectivity index (χ1) is 6.34. The molecule has 0 aliphatic heterocycles. The van der Waals surface area contributed by atoms with E-state index in [9.17, 15) is 10.1 Å². The second-order valence-electron chi connectivity index (χ2n) is 3.08. The number of hydrogen-bond acceptors (Lipinski definition) is 3. The summed E-state index contributed by atoms with van der Waals surface area (Å²) in [7, 11) is 0. The Morgan fingerprint density at radius 1 is 1.36 bits per heavy atom. The third kappa shape index (κ3) is 4.81. The van der Waals surface area contributed by atoms with Crippen LogP contribution in [0.1, 0.15) is 20.8 Å². The van der Waals surface area contributed by atoms with Crippen molar-refractivity contribution in [3.8, 4) is 0 Å². The highest BCUT2D eigenvalue weighted by atomic mass is 79.9. The molecule has 14 heavy (non-hydrogen) atoms. The van der Waals surface area contributed by atoms with E-state index in [0.29, 0.717) is 10.2 Å². The van der Waals surface area contributed by atoms with Crippen LogP contribution in [0.15, 0.2) is 33.6 Å². The van der Waals surface area contributed by atoms with Gasteiger partial charge in [0.05, 0.1) is 4.92 Å². The number of hydrogen-bond donors (Lipinski definition) is 1. The third-order valence-corrected chi connectivity index (χ3v) is 2.15. The van der Waals surface area contributed by atoms with Crippen molar-refractivity contribution in [1.29, 1.82) is 0 Å². The van der Waals surface area contributed by atoms with Crippen LogP contribution < -0.4 is 5.73 Å². The van der Waals surface area contributed by atoms with Crippen LogP contribution in [-0.4, -0.2) is 4.92 Å². The molecule has 0 aliphatic rings. The summed E-state index contributed by atoms with van der Waals surface area (Å²) in [6.45, 7) is 5.26. The minimum atomic E-state index is -0.447. The van der Waals surface area contributed by atoms with Gasteiger partial charge < -0.3 is 5.73 Å². The van der Waals surface area contributed by atoms with Crippen molar-refractivity contribution >= 4 is 15.9 Å². The fraction of sp³-hybridized carbons (Fsp3) is 0.333. The summed E-state index contributed by atoms with van der Waals surface area (Å²) >= 11 is 3.15. The Kier molecular flexibility index (Phi) is 5.15. The summed E-state index contributed by atoms with van der Waals surface area (Å²) in [5, 5.41) is 10.6. The Labute approximate surface area is 91.5 Å². The molecule has 0 aromatic rings. The predicted molar refractivity (Wildman–Crippen MR) is 60.3 cm³/mol. The van der Waals surface area contributed by atoms with Gasteiger partial charge in [-0.25, -0.2) is 0 Å². The molecular weight excluding hydrogens is 248 g/mol. The standard InChI is InChI=1S/C9H13BrN2O2/c1-6(2)4-8(12(13)14)5-9(10)7(3)11/h4-5H,11H2,1-3H3/b8-5+,9-7-. The Bertz CT molecular complexity index is 322. The van der Waals surface area contributed by atoms with Crippen LogP contribution in [-0.2, 0) is 0 Å². The van der Waals surface area contributed by atoms with Crippen molar-refractivity contribution in [2.75, 3.05) is 0 Å². The van der Waals surface area contributed by atoms with Gasteiger partial charge in [0.2, 0.25) is 0 Å². The maximum absolute atomic E-state index is 10.6. The van der Waals surface area contributed by atoms with Crippen LogP contribution in [0.4, 0.5) is 0 Å². The van der Waals surface area contributed by atoms with E-state index in [4.69, 9.17) is 5.73 Å². The number of nitrogens with two attached hydrogens (primary N) is 1. The van der Waals surface area contributed by atoms with Crippen LogP contribution in [0.2, 0.25) is 0 Å². The van der Waals surface area contributed by atoms with Gasteiger partial charge >= 0.3 is 0 Å². The van der Waals surface area contributed by atoms with Gasteiger partial charge in [0.25, 0.3) is 5.70 Å². The lowest BCUT2D eigenvalue weighted by Crippen LogP contribution is -1.98. The summed E-state index contributed by atoms with van der Waals surface area (Å²) in [5.41, 5.74) is 6.85. The fourth-order valence-corrected chi connectivity index (χ4v) is 0.921. The van der Waals surface area contributed by atoms with Gasteiger partial charge in [0.15, 0.2) is 0 Å².